The number of aromatic nitrogens is 2. The zero-order chi connectivity index (χ0) is 18.8. The van der Waals surface area contributed by atoms with Crippen molar-refractivity contribution in [3.8, 4) is 11.5 Å². The van der Waals surface area contributed by atoms with Crippen molar-refractivity contribution in [3.63, 3.8) is 0 Å². The lowest BCUT2D eigenvalue weighted by molar-refractivity contribution is 0.0981. The maximum absolute atomic E-state index is 12.0. The van der Waals surface area contributed by atoms with Crippen LogP contribution in [0.4, 0.5) is 5.69 Å². The van der Waals surface area contributed by atoms with Gasteiger partial charge in [0, 0.05) is 22.6 Å². The summed E-state index contributed by atoms with van der Waals surface area (Å²) in [4.78, 5) is 21.3. The Morgan fingerprint density at radius 2 is 2.11 bits per heavy atom. The van der Waals surface area contributed by atoms with E-state index in [4.69, 9.17) is 16.6 Å². The molecule has 0 aliphatic carbocycles. The molecule has 0 saturated carbocycles. The van der Waals surface area contributed by atoms with Crippen molar-refractivity contribution in [3.05, 3.63) is 63.5 Å². The number of carbonyl (C=O) groups is 1. The van der Waals surface area contributed by atoms with E-state index in [1.54, 1.807) is 36.7 Å². The summed E-state index contributed by atoms with van der Waals surface area (Å²) >= 11 is 9.95. The number of pyridine rings is 1. The predicted molar refractivity (Wildman–Crippen MR) is 113 cm³/mol. The Labute approximate surface area is 171 Å². The largest absolute Gasteiger partial charge is 0.436 e. The predicted octanol–water partition coefficient (Wildman–Crippen LogP) is 4.84. The Bertz CT molecular complexity index is 1140. The zero-order valence-corrected chi connectivity index (χ0v) is 16.8. The van der Waals surface area contributed by atoms with Crippen LogP contribution in [0.2, 0.25) is 0 Å². The number of thiocarbonyl (C=S) groups is 1. The summed E-state index contributed by atoms with van der Waals surface area (Å²) in [6, 6.07) is 10.8. The molecular formula is C18H11BrN4O2S2. The van der Waals surface area contributed by atoms with Crippen LogP contribution in [0.5, 0.6) is 0 Å². The highest BCUT2D eigenvalue weighted by Crippen LogP contribution is 2.27. The summed E-state index contributed by atoms with van der Waals surface area (Å²) in [5.74, 6) is 0.235. The molecule has 0 spiro atoms. The third kappa shape index (κ3) is 4.05. The van der Waals surface area contributed by atoms with E-state index in [0.717, 1.165) is 10.0 Å². The van der Waals surface area contributed by atoms with E-state index >= 15 is 0 Å². The van der Waals surface area contributed by atoms with Gasteiger partial charge >= 0.3 is 0 Å². The van der Waals surface area contributed by atoms with E-state index in [1.165, 1.54) is 11.3 Å². The van der Waals surface area contributed by atoms with Crippen LogP contribution in [0.3, 0.4) is 0 Å². The summed E-state index contributed by atoms with van der Waals surface area (Å²) in [6.07, 6.45) is 3.38. The van der Waals surface area contributed by atoms with Gasteiger partial charge in [-0.1, -0.05) is 6.07 Å². The molecule has 3 aromatic heterocycles. The second-order valence-corrected chi connectivity index (χ2v) is 7.75. The molecule has 0 atom stereocenters. The number of fused-ring (bicyclic) bond motifs is 1. The maximum atomic E-state index is 12.0. The van der Waals surface area contributed by atoms with Crippen LogP contribution in [-0.4, -0.2) is 21.0 Å². The number of nitrogens with zero attached hydrogens (tertiary/aromatic N) is 2. The molecule has 2 N–H and O–H groups in total. The van der Waals surface area contributed by atoms with Crippen LogP contribution in [0.25, 0.3) is 22.6 Å². The lowest BCUT2D eigenvalue weighted by Gasteiger charge is -2.08. The average Bonchev–Trinajstić information content (AvgIpc) is 3.31. The van der Waals surface area contributed by atoms with Gasteiger partial charge < -0.3 is 9.73 Å². The summed E-state index contributed by atoms with van der Waals surface area (Å²) in [7, 11) is 0. The highest BCUT2D eigenvalue weighted by atomic mass is 79.9. The molecule has 1 aromatic carbocycles. The van der Waals surface area contributed by atoms with Gasteiger partial charge in [0.25, 0.3) is 5.91 Å². The smallest absolute Gasteiger partial charge is 0.267 e. The number of amides is 1. The van der Waals surface area contributed by atoms with Gasteiger partial charge in [-0.05, 0) is 63.9 Å². The minimum Gasteiger partial charge on any atom is -0.436 e. The fourth-order valence-corrected chi connectivity index (χ4v) is 3.59. The first-order chi connectivity index (χ1) is 13.1. The molecule has 134 valence electrons. The number of halogens is 1. The third-order valence-electron chi connectivity index (χ3n) is 3.57. The number of rotatable bonds is 3. The molecule has 0 aliphatic heterocycles. The second-order valence-electron chi connectivity index (χ2n) is 5.48. The van der Waals surface area contributed by atoms with E-state index in [1.807, 2.05) is 17.5 Å². The van der Waals surface area contributed by atoms with Crippen molar-refractivity contribution in [2.45, 2.75) is 0 Å². The van der Waals surface area contributed by atoms with Crippen molar-refractivity contribution >= 4 is 67.3 Å². The van der Waals surface area contributed by atoms with E-state index < -0.39 is 0 Å². The summed E-state index contributed by atoms with van der Waals surface area (Å²) in [5.41, 5.74) is 2.78. The minimum absolute atomic E-state index is 0.215. The minimum atomic E-state index is -0.241. The lowest BCUT2D eigenvalue weighted by Crippen LogP contribution is -2.33. The fraction of sp³-hybridized carbons (Fsp3) is 0. The average molecular weight is 459 g/mol. The van der Waals surface area contributed by atoms with Crippen LogP contribution >= 0.6 is 39.5 Å². The van der Waals surface area contributed by atoms with Crippen molar-refractivity contribution < 1.29 is 9.21 Å². The standard InChI is InChI=1S/C18H11BrN4O2S2/c19-11-6-10(8-20-9-11)17-22-13-7-12(3-4-14(13)25-17)21-18(26)23-16(24)15-2-1-5-27-15/h1-9H,(H2,21,23,24,26). The highest BCUT2D eigenvalue weighted by molar-refractivity contribution is 9.10. The van der Waals surface area contributed by atoms with Gasteiger partial charge in [0.2, 0.25) is 5.89 Å². The monoisotopic (exact) mass is 458 g/mol. The Balaban J connectivity index is 1.51. The molecule has 27 heavy (non-hydrogen) atoms. The van der Waals surface area contributed by atoms with Gasteiger partial charge in [0.05, 0.1) is 10.4 Å². The van der Waals surface area contributed by atoms with Crippen LogP contribution in [-0.2, 0) is 0 Å². The van der Waals surface area contributed by atoms with Crippen LogP contribution in [0.1, 0.15) is 9.67 Å². The van der Waals surface area contributed by atoms with E-state index in [-0.39, 0.29) is 11.0 Å². The Morgan fingerprint density at radius 3 is 2.89 bits per heavy atom. The summed E-state index contributed by atoms with van der Waals surface area (Å²) in [6.45, 7) is 0. The van der Waals surface area contributed by atoms with Crippen molar-refractivity contribution in [2.24, 2.45) is 0 Å². The maximum Gasteiger partial charge on any atom is 0.267 e. The van der Waals surface area contributed by atoms with Gasteiger partial charge in [-0.3, -0.25) is 15.1 Å². The molecule has 9 heteroatoms. The third-order valence-corrected chi connectivity index (χ3v) is 5.08. The van der Waals surface area contributed by atoms with Crippen molar-refractivity contribution in [1.82, 2.24) is 15.3 Å². The molecule has 1 amide bonds. The second kappa shape index (κ2) is 7.55. The Morgan fingerprint density at radius 1 is 1.22 bits per heavy atom. The number of carbonyl (C=O) groups excluding carboxylic acids is 1. The normalized spacial score (nSPS) is 10.7. The SMILES string of the molecule is O=C(NC(=S)Nc1ccc2oc(-c3cncc(Br)c3)nc2c1)c1cccs1. The number of thiophene rings is 1. The van der Waals surface area contributed by atoms with E-state index in [0.29, 0.717) is 27.6 Å². The van der Waals surface area contributed by atoms with E-state index in [9.17, 15) is 4.79 Å². The number of anilines is 1. The number of oxazole rings is 1. The first kappa shape index (κ1) is 17.8. The quantitative estimate of drug-likeness (QED) is 0.427. The molecule has 0 aliphatic rings. The fourth-order valence-electron chi connectivity index (χ4n) is 2.39. The topological polar surface area (TPSA) is 80.0 Å². The van der Waals surface area contributed by atoms with E-state index in [2.05, 4.69) is 36.5 Å². The molecule has 6 nitrogen and oxygen atoms in total. The number of benzene rings is 1. The highest BCUT2D eigenvalue weighted by Gasteiger charge is 2.12. The molecule has 0 unspecified atom stereocenters. The molecule has 0 radical (unpaired) electrons. The summed E-state index contributed by atoms with van der Waals surface area (Å²) in [5, 5.41) is 7.69. The number of nitrogens with one attached hydrogen (secondary N) is 2. The molecular weight excluding hydrogens is 448 g/mol. The van der Waals surface area contributed by atoms with Gasteiger partial charge in [0.15, 0.2) is 10.7 Å². The van der Waals surface area contributed by atoms with Gasteiger partial charge in [-0.25, -0.2) is 4.98 Å². The van der Waals surface area contributed by atoms with Crippen molar-refractivity contribution in [2.75, 3.05) is 5.32 Å². The van der Waals surface area contributed by atoms with Gasteiger partial charge in [-0.15, -0.1) is 11.3 Å². The van der Waals surface area contributed by atoms with Crippen molar-refractivity contribution in [1.29, 1.82) is 0 Å². The molecule has 0 fully saturated rings. The first-order valence-corrected chi connectivity index (χ1v) is 9.84. The van der Waals surface area contributed by atoms with Crippen LogP contribution in [0.15, 0.2) is 63.1 Å². The van der Waals surface area contributed by atoms with Crippen LogP contribution in [0, 0.1) is 0 Å². The van der Waals surface area contributed by atoms with Gasteiger partial charge in [0.1, 0.15) is 5.52 Å². The van der Waals surface area contributed by atoms with Crippen LogP contribution < -0.4 is 10.6 Å². The Kier molecular flexibility index (Phi) is 4.97. The summed E-state index contributed by atoms with van der Waals surface area (Å²) < 4.78 is 6.63. The molecule has 0 saturated heterocycles. The number of hydrogen-bond donors (Lipinski definition) is 2. The first-order valence-electron chi connectivity index (χ1n) is 7.76. The Hall–Kier alpha value is -2.62. The lowest BCUT2D eigenvalue weighted by atomic mass is 10.3. The zero-order valence-electron chi connectivity index (χ0n) is 13.6. The molecule has 4 rings (SSSR count). The number of hydrogen-bond acceptors (Lipinski definition) is 6. The molecule has 4 aromatic rings. The molecule has 3 heterocycles. The molecule has 0 bridgehead atoms. The van der Waals surface area contributed by atoms with Gasteiger partial charge in [-0.2, -0.15) is 0 Å².